The lowest BCUT2D eigenvalue weighted by Gasteiger charge is -2.24. The van der Waals surface area contributed by atoms with Crippen molar-refractivity contribution in [2.45, 2.75) is 28.6 Å². The molecule has 0 aliphatic carbocycles. The molecule has 1 amide bonds. The molecule has 0 atom stereocenters. The Balaban J connectivity index is 1.87. The number of anilines is 1. The van der Waals surface area contributed by atoms with E-state index in [1.54, 1.807) is 36.4 Å². The highest BCUT2D eigenvalue weighted by molar-refractivity contribution is 9.10. The summed E-state index contributed by atoms with van der Waals surface area (Å²) in [7, 11) is -3.91. The Morgan fingerprint density at radius 2 is 1.86 bits per heavy atom. The molecule has 0 bridgehead atoms. The molecule has 8 nitrogen and oxygen atoms in total. The number of sulfone groups is 1. The Labute approximate surface area is 181 Å². The first-order valence-corrected chi connectivity index (χ1v) is 11.9. The van der Waals surface area contributed by atoms with Gasteiger partial charge in [-0.1, -0.05) is 33.8 Å². The number of carbonyl (C=O) groups is 1. The molecule has 0 spiro atoms. The summed E-state index contributed by atoms with van der Waals surface area (Å²) >= 11 is 4.66. The van der Waals surface area contributed by atoms with Crippen LogP contribution in [0.2, 0.25) is 0 Å². The molecule has 0 radical (unpaired) electrons. The van der Waals surface area contributed by atoms with E-state index in [-0.39, 0.29) is 4.90 Å². The second-order valence-corrected chi connectivity index (χ2v) is 10.7. The van der Waals surface area contributed by atoms with Crippen LogP contribution in [-0.4, -0.2) is 45.5 Å². The van der Waals surface area contributed by atoms with Crippen LogP contribution < -0.4 is 5.32 Å². The summed E-state index contributed by atoms with van der Waals surface area (Å²) < 4.78 is 26.6. The number of hydrogen-bond acceptors (Lipinski definition) is 7. The van der Waals surface area contributed by atoms with E-state index in [4.69, 9.17) is 0 Å². The number of nitrogens with zero attached hydrogens (tertiary/aromatic N) is 4. The minimum Gasteiger partial charge on any atom is -0.325 e. The zero-order valence-corrected chi connectivity index (χ0v) is 19.0. The van der Waals surface area contributed by atoms with Crippen LogP contribution in [0.3, 0.4) is 0 Å². The van der Waals surface area contributed by atoms with Gasteiger partial charge in [-0.25, -0.2) is 8.42 Å². The van der Waals surface area contributed by atoms with Crippen molar-refractivity contribution in [2.75, 3.05) is 11.6 Å². The van der Waals surface area contributed by atoms with Crippen molar-refractivity contribution in [3.63, 3.8) is 0 Å². The number of hydrogen-bond donors (Lipinski definition) is 1. The topological polar surface area (TPSA) is 107 Å². The summed E-state index contributed by atoms with van der Waals surface area (Å²) in [6.45, 7) is 2.77. The van der Waals surface area contributed by atoms with Gasteiger partial charge in [0.05, 0.1) is 10.6 Å². The van der Waals surface area contributed by atoms with Crippen LogP contribution in [0.15, 0.2) is 63.1 Å². The van der Waals surface area contributed by atoms with Crippen LogP contribution in [0.4, 0.5) is 5.69 Å². The molecule has 1 N–H and O–H groups in total. The molecule has 11 heteroatoms. The molecule has 2 aromatic carbocycles. The molecule has 0 aliphatic heterocycles. The van der Waals surface area contributed by atoms with Crippen molar-refractivity contribution in [3.8, 4) is 5.69 Å². The molecule has 0 saturated carbocycles. The van der Waals surface area contributed by atoms with Crippen LogP contribution >= 0.6 is 27.7 Å². The van der Waals surface area contributed by atoms with Gasteiger partial charge in [0.2, 0.25) is 11.1 Å². The van der Waals surface area contributed by atoms with Crippen LogP contribution in [0, 0.1) is 0 Å². The van der Waals surface area contributed by atoms with Gasteiger partial charge in [0.1, 0.15) is 4.75 Å². The molecule has 3 aromatic rings. The number of tetrazole rings is 1. The molecular formula is C18H18BrN5O3S2. The Kier molecular flexibility index (Phi) is 6.11. The van der Waals surface area contributed by atoms with Gasteiger partial charge < -0.3 is 5.32 Å². The first-order valence-electron chi connectivity index (χ1n) is 8.41. The molecule has 1 heterocycles. The molecule has 0 saturated heterocycles. The fourth-order valence-corrected chi connectivity index (χ4v) is 4.57. The van der Waals surface area contributed by atoms with Crippen LogP contribution in [0.1, 0.15) is 13.8 Å². The SMILES string of the molecule is CSc1nnnn1-c1cccc(NC(=O)C(C)(C)S(=O)(=O)c2ccc(Br)cc2)c1. The summed E-state index contributed by atoms with van der Waals surface area (Å²) in [5.41, 5.74) is 1.08. The Bertz CT molecular complexity index is 1140. The van der Waals surface area contributed by atoms with Crippen LogP contribution in [0.25, 0.3) is 5.69 Å². The van der Waals surface area contributed by atoms with E-state index in [9.17, 15) is 13.2 Å². The number of amides is 1. The van der Waals surface area contributed by atoms with Gasteiger partial charge in [0, 0.05) is 10.2 Å². The van der Waals surface area contributed by atoms with E-state index >= 15 is 0 Å². The number of nitrogens with one attached hydrogen (secondary N) is 1. The summed E-state index contributed by atoms with van der Waals surface area (Å²) in [4.78, 5) is 13.0. The maximum Gasteiger partial charge on any atom is 0.245 e. The minimum absolute atomic E-state index is 0.0768. The van der Waals surface area contributed by atoms with Gasteiger partial charge in [0.15, 0.2) is 9.84 Å². The number of rotatable bonds is 6. The summed E-state index contributed by atoms with van der Waals surface area (Å²) in [5, 5.41) is 14.8. The molecular weight excluding hydrogens is 478 g/mol. The van der Waals surface area contributed by atoms with E-state index in [1.165, 1.54) is 42.4 Å². The number of benzene rings is 2. The van der Waals surface area contributed by atoms with E-state index in [1.807, 2.05) is 6.26 Å². The third-order valence-electron chi connectivity index (χ3n) is 4.31. The van der Waals surface area contributed by atoms with Gasteiger partial charge in [-0.15, -0.1) is 5.10 Å². The fraction of sp³-hybridized carbons (Fsp3) is 0.222. The zero-order valence-electron chi connectivity index (χ0n) is 15.8. The van der Waals surface area contributed by atoms with Gasteiger partial charge in [-0.3, -0.25) is 4.79 Å². The summed E-state index contributed by atoms with van der Waals surface area (Å²) in [5.74, 6) is -0.639. The maximum atomic E-state index is 13.0. The van der Waals surface area contributed by atoms with Gasteiger partial charge in [-0.2, -0.15) is 4.68 Å². The fourth-order valence-electron chi connectivity index (χ4n) is 2.50. The number of thioether (sulfide) groups is 1. The highest BCUT2D eigenvalue weighted by Gasteiger charge is 2.42. The van der Waals surface area contributed by atoms with E-state index in [0.717, 1.165) is 4.47 Å². The Morgan fingerprint density at radius 1 is 1.17 bits per heavy atom. The van der Waals surface area contributed by atoms with Crippen molar-refractivity contribution in [2.24, 2.45) is 0 Å². The second-order valence-electron chi connectivity index (χ2n) is 6.55. The average molecular weight is 496 g/mol. The lowest BCUT2D eigenvalue weighted by Crippen LogP contribution is -2.44. The maximum absolute atomic E-state index is 13.0. The molecule has 0 aliphatic rings. The molecule has 0 unspecified atom stereocenters. The minimum atomic E-state index is -3.91. The van der Waals surface area contributed by atoms with Crippen molar-refractivity contribution >= 4 is 49.1 Å². The standard InChI is InChI=1S/C18H18BrN5O3S2/c1-18(2,29(26,27)15-9-7-12(19)8-10-15)16(25)20-13-5-4-6-14(11-13)24-17(28-3)21-22-23-24/h4-11H,1-3H3,(H,20,25). The molecule has 1 aromatic heterocycles. The first-order chi connectivity index (χ1) is 13.7. The molecule has 3 rings (SSSR count). The van der Waals surface area contributed by atoms with Crippen molar-refractivity contribution < 1.29 is 13.2 Å². The third kappa shape index (κ3) is 4.21. The van der Waals surface area contributed by atoms with E-state index in [2.05, 4.69) is 36.8 Å². The number of aromatic nitrogens is 4. The number of halogens is 1. The molecule has 29 heavy (non-hydrogen) atoms. The predicted molar refractivity (Wildman–Crippen MR) is 115 cm³/mol. The summed E-state index contributed by atoms with van der Waals surface area (Å²) in [6, 6.07) is 13.1. The second kappa shape index (κ2) is 8.25. The number of carbonyl (C=O) groups excluding carboxylic acids is 1. The Morgan fingerprint density at radius 3 is 2.52 bits per heavy atom. The largest absolute Gasteiger partial charge is 0.325 e. The van der Waals surface area contributed by atoms with Crippen LogP contribution in [-0.2, 0) is 14.6 Å². The molecule has 0 fully saturated rings. The highest BCUT2D eigenvalue weighted by Crippen LogP contribution is 2.28. The lowest BCUT2D eigenvalue weighted by atomic mass is 10.2. The van der Waals surface area contributed by atoms with E-state index < -0.39 is 20.5 Å². The Hall–Kier alpha value is -2.24. The zero-order chi connectivity index (χ0) is 21.2. The molecule has 152 valence electrons. The lowest BCUT2D eigenvalue weighted by molar-refractivity contribution is -0.117. The monoisotopic (exact) mass is 495 g/mol. The van der Waals surface area contributed by atoms with Gasteiger partial charge in [-0.05, 0) is 73.0 Å². The summed E-state index contributed by atoms with van der Waals surface area (Å²) in [6.07, 6.45) is 1.85. The third-order valence-corrected chi connectivity index (χ3v) is 7.88. The van der Waals surface area contributed by atoms with E-state index in [0.29, 0.717) is 16.5 Å². The smallest absolute Gasteiger partial charge is 0.245 e. The van der Waals surface area contributed by atoms with Crippen LogP contribution in [0.5, 0.6) is 0 Å². The average Bonchev–Trinajstić information content (AvgIpc) is 3.17. The quantitative estimate of drug-likeness (QED) is 0.522. The van der Waals surface area contributed by atoms with Gasteiger partial charge in [0.25, 0.3) is 0 Å². The first kappa shape index (κ1) is 21.5. The highest BCUT2D eigenvalue weighted by atomic mass is 79.9. The van der Waals surface area contributed by atoms with Crippen molar-refractivity contribution in [1.82, 2.24) is 20.2 Å². The van der Waals surface area contributed by atoms with Gasteiger partial charge >= 0.3 is 0 Å². The predicted octanol–water partition coefficient (Wildman–Crippen LogP) is 3.34. The van der Waals surface area contributed by atoms with Crippen molar-refractivity contribution in [3.05, 3.63) is 53.0 Å². The van der Waals surface area contributed by atoms with Crippen molar-refractivity contribution in [1.29, 1.82) is 0 Å². The normalized spacial score (nSPS) is 12.0.